The molecule has 0 saturated carbocycles. The van der Waals surface area contributed by atoms with E-state index < -0.39 is 6.09 Å². The van der Waals surface area contributed by atoms with Crippen LogP contribution in [-0.4, -0.2) is 42.3 Å². The Kier molecular flexibility index (Phi) is 4.66. The Hall–Kier alpha value is -1.27. The molecule has 1 aliphatic rings. The number of phenols is 1. The van der Waals surface area contributed by atoms with Crippen molar-refractivity contribution in [2.45, 2.75) is 19.0 Å². The van der Waals surface area contributed by atoms with E-state index in [1.807, 2.05) is 12.1 Å². The lowest BCUT2D eigenvalue weighted by atomic mass is 10.2. The molecule has 1 unspecified atom stereocenters. The number of hydrogen-bond donors (Lipinski definition) is 2. The summed E-state index contributed by atoms with van der Waals surface area (Å²) in [5.41, 5.74) is 0.882. The highest BCUT2D eigenvalue weighted by Gasteiger charge is 2.24. The van der Waals surface area contributed by atoms with Gasteiger partial charge in [0.2, 0.25) is 0 Å². The number of halogens is 1. The number of carbonyl (C=O) groups excluding carboxylic acids is 1. The molecular weight excluding hydrogens is 312 g/mol. The van der Waals surface area contributed by atoms with E-state index in [0.29, 0.717) is 12.3 Å². The second-order valence-corrected chi connectivity index (χ2v) is 5.55. The molecule has 1 atom stereocenters. The summed E-state index contributed by atoms with van der Waals surface area (Å²) in [6.07, 6.45) is 0.501. The number of rotatable bonds is 3. The zero-order valence-corrected chi connectivity index (χ0v) is 12.3. The summed E-state index contributed by atoms with van der Waals surface area (Å²) in [6.45, 7) is 2.33. The molecule has 0 radical (unpaired) electrons. The first-order valence-electron chi connectivity index (χ1n) is 6.12. The number of alkyl carbamates (subject to hydrolysis) is 1. The van der Waals surface area contributed by atoms with Crippen LogP contribution in [0.4, 0.5) is 4.79 Å². The molecule has 0 aromatic heterocycles. The SMILES string of the molecule is COC(=O)NC1CCN(Cc2cc(Br)ccc2O)C1. The second-order valence-electron chi connectivity index (χ2n) is 4.63. The highest BCUT2D eigenvalue weighted by molar-refractivity contribution is 9.10. The van der Waals surface area contributed by atoms with Crippen LogP contribution in [0, 0.1) is 0 Å². The average Bonchev–Trinajstić information content (AvgIpc) is 2.81. The quantitative estimate of drug-likeness (QED) is 0.891. The predicted molar refractivity (Wildman–Crippen MR) is 75.0 cm³/mol. The Balaban J connectivity index is 1.91. The van der Waals surface area contributed by atoms with Gasteiger partial charge in [-0.15, -0.1) is 0 Å². The maximum atomic E-state index is 11.1. The van der Waals surface area contributed by atoms with Gasteiger partial charge in [-0.05, 0) is 24.6 Å². The zero-order valence-electron chi connectivity index (χ0n) is 10.7. The fraction of sp³-hybridized carbons (Fsp3) is 0.462. The smallest absolute Gasteiger partial charge is 0.407 e. The Labute approximate surface area is 120 Å². The lowest BCUT2D eigenvalue weighted by Crippen LogP contribution is -2.36. The van der Waals surface area contributed by atoms with Gasteiger partial charge in [-0.2, -0.15) is 0 Å². The number of phenolic OH excluding ortho intramolecular Hbond substituents is 1. The van der Waals surface area contributed by atoms with E-state index in [2.05, 4.69) is 30.9 Å². The molecule has 0 bridgehead atoms. The largest absolute Gasteiger partial charge is 0.508 e. The van der Waals surface area contributed by atoms with Crippen molar-refractivity contribution in [2.24, 2.45) is 0 Å². The minimum atomic E-state index is -0.392. The second kappa shape index (κ2) is 6.25. The number of aromatic hydroxyl groups is 1. The molecule has 0 spiro atoms. The van der Waals surface area contributed by atoms with E-state index in [-0.39, 0.29) is 6.04 Å². The maximum Gasteiger partial charge on any atom is 0.407 e. The first kappa shape index (κ1) is 14.1. The minimum absolute atomic E-state index is 0.113. The minimum Gasteiger partial charge on any atom is -0.508 e. The number of amides is 1. The van der Waals surface area contributed by atoms with Gasteiger partial charge in [0.25, 0.3) is 0 Å². The van der Waals surface area contributed by atoms with Crippen LogP contribution in [0.2, 0.25) is 0 Å². The molecule has 19 heavy (non-hydrogen) atoms. The molecule has 0 aliphatic carbocycles. The van der Waals surface area contributed by atoms with Crippen molar-refractivity contribution < 1.29 is 14.6 Å². The summed E-state index contributed by atoms with van der Waals surface area (Å²) in [4.78, 5) is 13.3. The summed E-state index contributed by atoms with van der Waals surface area (Å²) in [5.74, 6) is 0.299. The maximum absolute atomic E-state index is 11.1. The molecule has 2 rings (SSSR count). The highest BCUT2D eigenvalue weighted by Crippen LogP contribution is 2.24. The molecule has 104 valence electrons. The number of carbonyl (C=O) groups is 1. The van der Waals surface area contributed by atoms with Crippen molar-refractivity contribution in [1.29, 1.82) is 0 Å². The van der Waals surface area contributed by atoms with Crippen molar-refractivity contribution >= 4 is 22.0 Å². The van der Waals surface area contributed by atoms with Crippen molar-refractivity contribution in [3.63, 3.8) is 0 Å². The zero-order chi connectivity index (χ0) is 13.8. The van der Waals surface area contributed by atoms with Crippen molar-refractivity contribution in [2.75, 3.05) is 20.2 Å². The molecule has 1 amide bonds. The molecule has 1 aromatic rings. The number of methoxy groups -OCH3 is 1. The Bertz CT molecular complexity index is 467. The summed E-state index contributed by atoms with van der Waals surface area (Å²) >= 11 is 3.40. The van der Waals surface area contributed by atoms with Crippen LogP contribution in [-0.2, 0) is 11.3 Å². The van der Waals surface area contributed by atoms with Gasteiger partial charge in [-0.1, -0.05) is 15.9 Å². The number of ether oxygens (including phenoxy) is 1. The van der Waals surface area contributed by atoms with Gasteiger partial charge in [0.1, 0.15) is 5.75 Å². The summed E-state index contributed by atoms with van der Waals surface area (Å²) in [5, 5.41) is 12.6. The van der Waals surface area contributed by atoms with Gasteiger partial charge < -0.3 is 15.2 Å². The van der Waals surface area contributed by atoms with E-state index >= 15 is 0 Å². The Morgan fingerprint density at radius 1 is 1.63 bits per heavy atom. The molecule has 2 N–H and O–H groups in total. The van der Waals surface area contributed by atoms with E-state index in [1.54, 1.807) is 6.07 Å². The van der Waals surface area contributed by atoms with Gasteiger partial charge in [0.05, 0.1) is 7.11 Å². The number of nitrogens with zero attached hydrogens (tertiary/aromatic N) is 1. The van der Waals surface area contributed by atoms with Crippen molar-refractivity contribution in [1.82, 2.24) is 10.2 Å². The Morgan fingerprint density at radius 2 is 2.42 bits per heavy atom. The van der Waals surface area contributed by atoms with E-state index in [0.717, 1.165) is 29.5 Å². The van der Waals surface area contributed by atoms with Gasteiger partial charge in [0.15, 0.2) is 0 Å². The van der Waals surface area contributed by atoms with Crippen LogP contribution in [0.3, 0.4) is 0 Å². The molecule has 1 fully saturated rings. The molecule has 1 heterocycles. The number of benzene rings is 1. The monoisotopic (exact) mass is 328 g/mol. The summed E-state index contributed by atoms with van der Waals surface area (Å²) in [6, 6.07) is 5.52. The molecule has 1 saturated heterocycles. The first-order chi connectivity index (χ1) is 9.08. The average molecular weight is 329 g/mol. The third-order valence-electron chi connectivity index (χ3n) is 3.22. The number of hydrogen-bond acceptors (Lipinski definition) is 4. The van der Waals surface area contributed by atoms with Gasteiger partial charge >= 0.3 is 6.09 Å². The fourth-order valence-electron chi connectivity index (χ4n) is 2.24. The topological polar surface area (TPSA) is 61.8 Å². The standard InChI is InChI=1S/C13H17BrN2O3/c1-19-13(18)15-11-4-5-16(8-11)7-9-6-10(14)2-3-12(9)17/h2-3,6,11,17H,4-5,7-8H2,1H3,(H,15,18). The van der Waals surface area contributed by atoms with Crippen LogP contribution in [0.15, 0.2) is 22.7 Å². The van der Waals surface area contributed by atoms with Gasteiger partial charge in [-0.3, -0.25) is 4.90 Å². The van der Waals surface area contributed by atoms with Gasteiger partial charge in [-0.25, -0.2) is 4.79 Å². The van der Waals surface area contributed by atoms with Crippen LogP contribution in [0.25, 0.3) is 0 Å². The molecule has 5 nitrogen and oxygen atoms in total. The van der Waals surface area contributed by atoms with Crippen LogP contribution < -0.4 is 5.32 Å². The van der Waals surface area contributed by atoms with E-state index in [9.17, 15) is 9.90 Å². The molecule has 6 heteroatoms. The van der Waals surface area contributed by atoms with Crippen molar-refractivity contribution in [3.8, 4) is 5.75 Å². The predicted octanol–water partition coefficient (Wildman–Crippen LogP) is 2.08. The lowest BCUT2D eigenvalue weighted by molar-refractivity contribution is 0.166. The van der Waals surface area contributed by atoms with Crippen LogP contribution in [0.1, 0.15) is 12.0 Å². The highest BCUT2D eigenvalue weighted by atomic mass is 79.9. The summed E-state index contributed by atoms with van der Waals surface area (Å²) in [7, 11) is 1.36. The number of likely N-dealkylation sites (tertiary alicyclic amines) is 1. The normalized spacial score (nSPS) is 19.4. The van der Waals surface area contributed by atoms with E-state index in [4.69, 9.17) is 0 Å². The molecule has 1 aliphatic heterocycles. The lowest BCUT2D eigenvalue weighted by Gasteiger charge is -2.17. The summed E-state index contributed by atoms with van der Waals surface area (Å²) < 4.78 is 5.53. The van der Waals surface area contributed by atoms with Gasteiger partial charge in [0, 0.05) is 35.7 Å². The van der Waals surface area contributed by atoms with Crippen LogP contribution in [0.5, 0.6) is 5.75 Å². The fourth-order valence-corrected chi connectivity index (χ4v) is 2.65. The first-order valence-corrected chi connectivity index (χ1v) is 6.92. The molecular formula is C13H17BrN2O3. The Morgan fingerprint density at radius 3 is 3.16 bits per heavy atom. The van der Waals surface area contributed by atoms with Crippen LogP contribution >= 0.6 is 15.9 Å². The number of nitrogens with one attached hydrogen (secondary N) is 1. The molecule has 1 aromatic carbocycles. The third kappa shape index (κ3) is 3.84. The van der Waals surface area contributed by atoms with Crippen molar-refractivity contribution in [3.05, 3.63) is 28.2 Å². The van der Waals surface area contributed by atoms with E-state index in [1.165, 1.54) is 7.11 Å². The third-order valence-corrected chi connectivity index (χ3v) is 3.71.